The van der Waals surface area contributed by atoms with Crippen molar-refractivity contribution in [3.8, 4) is 11.5 Å². The van der Waals surface area contributed by atoms with Crippen LogP contribution in [0.25, 0.3) is 0 Å². The fourth-order valence-corrected chi connectivity index (χ4v) is 5.72. The second-order valence-electron chi connectivity index (χ2n) is 8.67. The molecule has 1 saturated heterocycles. The Hall–Kier alpha value is -2.62. The molecule has 1 aliphatic heterocycles. The highest BCUT2D eigenvalue weighted by Crippen LogP contribution is 2.33. The van der Waals surface area contributed by atoms with Crippen molar-refractivity contribution >= 4 is 15.9 Å². The SMILES string of the molecule is COc1cc(C(C)NC(=O)c2ccc(S(=O)(=O)N3CCOCC3)cc2)ccc1OC1CCCC1. The average Bonchev–Trinajstić information content (AvgIpc) is 3.38. The zero-order valence-electron chi connectivity index (χ0n) is 19.7. The van der Waals surface area contributed by atoms with Crippen LogP contribution in [0.1, 0.15) is 54.6 Å². The van der Waals surface area contributed by atoms with Gasteiger partial charge in [-0.25, -0.2) is 8.42 Å². The van der Waals surface area contributed by atoms with Crippen molar-refractivity contribution in [2.24, 2.45) is 0 Å². The first-order chi connectivity index (χ1) is 16.4. The van der Waals surface area contributed by atoms with Crippen molar-refractivity contribution in [2.45, 2.75) is 49.6 Å². The molecule has 2 fully saturated rings. The molecule has 2 aromatic rings. The normalized spacial score (nSPS) is 18.4. The van der Waals surface area contributed by atoms with Crippen molar-refractivity contribution in [1.82, 2.24) is 9.62 Å². The summed E-state index contributed by atoms with van der Waals surface area (Å²) in [5, 5.41) is 2.97. The molecule has 1 amide bonds. The fraction of sp³-hybridized carbons (Fsp3) is 0.480. The highest BCUT2D eigenvalue weighted by molar-refractivity contribution is 7.89. The van der Waals surface area contributed by atoms with Crippen LogP contribution in [-0.4, -0.2) is 58.1 Å². The minimum absolute atomic E-state index is 0.168. The molecule has 8 nitrogen and oxygen atoms in total. The third-order valence-corrected chi connectivity index (χ3v) is 8.27. The molecular formula is C25H32N2O6S. The first kappa shape index (κ1) is 24.5. The molecule has 9 heteroatoms. The maximum absolute atomic E-state index is 12.8. The number of carbonyl (C=O) groups excluding carboxylic acids is 1. The monoisotopic (exact) mass is 488 g/mol. The van der Waals surface area contributed by atoms with Gasteiger partial charge in [0.2, 0.25) is 10.0 Å². The molecule has 1 saturated carbocycles. The summed E-state index contributed by atoms with van der Waals surface area (Å²) in [6.07, 6.45) is 4.72. The molecule has 1 heterocycles. The minimum atomic E-state index is -3.60. The summed E-state index contributed by atoms with van der Waals surface area (Å²) in [6.45, 7) is 3.32. The van der Waals surface area contributed by atoms with Crippen LogP contribution >= 0.6 is 0 Å². The van der Waals surface area contributed by atoms with Gasteiger partial charge < -0.3 is 19.5 Å². The Bertz CT molecular complexity index is 1090. The van der Waals surface area contributed by atoms with Gasteiger partial charge in [0, 0.05) is 18.7 Å². The topological polar surface area (TPSA) is 94.2 Å². The van der Waals surface area contributed by atoms with Gasteiger partial charge in [0.15, 0.2) is 11.5 Å². The van der Waals surface area contributed by atoms with Gasteiger partial charge in [-0.2, -0.15) is 4.31 Å². The van der Waals surface area contributed by atoms with Crippen molar-refractivity contribution < 1.29 is 27.4 Å². The number of hydrogen-bond donors (Lipinski definition) is 1. The number of amides is 1. The molecular weight excluding hydrogens is 456 g/mol. The minimum Gasteiger partial charge on any atom is -0.493 e. The van der Waals surface area contributed by atoms with E-state index in [-0.39, 0.29) is 22.9 Å². The number of methoxy groups -OCH3 is 1. The van der Waals surface area contributed by atoms with Gasteiger partial charge in [0.25, 0.3) is 5.91 Å². The van der Waals surface area contributed by atoms with Crippen LogP contribution in [0.3, 0.4) is 0 Å². The van der Waals surface area contributed by atoms with Crippen LogP contribution in [0.15, 0.2) is 47.4 Å². The van der Waals surface area contributed by atoms with E-state index in [9.17, 15) is 13.2 Å². The van der Waals surface area contributed by atoms with Crippen LogP contribution in [0.2, 0.25) is 0 Å². The molecule has 4 rings (SSSR count). The summed E-state index contributed by atoms with van der Waals surface area (Å²) in [7, 11) is -1.99. The first-order valence-electron chi connectivity index (χ1n) is 11.7. The van der Waals surface area contributed by atoms with Crippen molar-refractivity contribution in [3.63, 3.8) is 0 Å². The molecule has 1 unspecified atom stereocenters. The summed E-state index contributed by atoms with van der Waals surface area (Å²) in [5.74, 6) is 1.07. The van der Waals surface area contributed by atoms with Crippen LogP contribution in [0.5, 0.6) is 11.5 Å². The van der Waals surface area contributed by atoms with Crippen molar-refractivity contribution in [1.29, 1.82) is 0 Å². The molecule has 34 heavy (non-hydrogen) atoms. The van der Waals surface area contributed by atoms with E-state index in [1.165, 1.54) is 41.4 Å². The van der Waals surface area contributed by atoms with E-state index < -0.39 is 10.0 Å². The number of benzene rings is 2. The Morgan fingerprint density at radius 1 is 1.06 bits per heavy atom. The summed E-state index contributed by atoms with van der Waals surface area (Å²) in [6, 6.07) is 11.4. The largest absolute Gasteiger partial charge is 0.493 e. The standard InChI is InChI=1S/C25H32N2O6S/c1-18(20-9-12-23(24(17-20)31-2)33-21-5-3-4-6-21)26-25(28)19-7-10-22(11-8-19)34(29,30)27-13-15-32-16-14-27/h7-12,17-18,21H,3-6,13-16H2,1-2H3,(H,26,28). The van der Waals surface area contributed by atoms with Gasteiger partial charge >= 0.3 is 0 Å². The number of nitrogens with zero attached hydrogens (tertiary/aromatic N) is 1. The van der Waals surface area contributed by atoms with Gasteiger partial charge in [-0.15, -0.1) is 0 Å². The maximum Gasteiger partial charge on any atom is 0.251 e. The lowest BCUT2D eigenvalue weighted by molar-refractivity contribution is 0.0730. The zero-order chi connectivity index (χ0) is 24.1. The van der Waals surface area contributed by atoms with Gasteiger partial charge in [-0.3, -0.25) is 4.79 Å². The van der Waals surface area contributed by atoms with Gasteiger partial charge in [0.1, 0.15) is 0 Å². The van der Waals surface area contributed by atoms with Crippen molar-refractivity contribution in [2.75, 3.05) is 33.4 Å². The number of nitrogens with one attached hydrogen (secondary N) is 1. The molecule has 1 N–H and O–H groups in total. The lowest BCUT2D eigenvalue weighted by Crippen LogP contribution is -2.40. The zero-order valence-corrected chi connectivity index (χ0v) is 20.5. The molecule has 0 bridgehead atoms. The average molecular weight is 489 g/mol. The third kappa shape index (κ3) is 5.54. The molecule has 1 atom stereocenters. The Balaban J connectivity index is 1.41. The van der Waals surface area contributed by atoms with E-state index in [2.05, 4.69) is 5.32 Å². The van der Waals surface area contributed by atoms with Gasteiger partial charge in [0.05, 0.1) is 37.4 Å². The number of hydrogen-bond acceptors (Lipinski definition) is 6. The predicted octanol–water partition coefficient (Wildman–Crippen LogP) is 3.53. The van der Waals surface area contributed by atoms with Gasteiger partial charge in [-0.05, 0) is 74.6 Å². The second-order valence-corrected chi connectivity index (χ2v) is 10.6. The highest BCUT2D eigenvalue weighted by atomic mass is 32.2. The summed E-state index contributed by atoms with van der Waals surface area (Å²) in [4.78, 5) is 13.0. The summed E-state index contributed by atoms with van der Waals surface area (Å²) < 4.78 is 43.8. The number of ether oxygens (including phenoxy) is 3. The fourth-order valence-electron chi connectivity index (χ4n) is 4.31. The second kappa shape index (κ2) is 10.8. The molecule has 184 valence electrons. The van der Waals surface area contributed by atoms with Crippen LogP contribution < -0.4 is 14.8 Å². The number of sulfonamides is 1. The lowest BCUT2D eigenvalue weighted by atomic mass is 10.1. The summed E-state index contributed by atoms with van der Waals surface area (Å²) >= 11 is 0. The predicted molar refractivity (Wildman–Crippen MR) is 128 cm³/mol. The molecule has 0 aromatic heterocycles. The van der Waals surface area contributed by atoms with E-state index in [0.29, 0.717) is 43.4 Å². The number of carbonyl (C=O) groups is 1. The van der Waals surface area contributed by atoms with Crippen molar-refractivity contribution in [3.05, 3.63) is 53.6 Å². The highest BCUT2D eigenvalue weighted by Gasteiger charge is 2.26. The first-order valence-corrected chi connectivity index (χ1v) is 13.2. The molecule has 0 radical (unpaired) electrons. The third-order valence-electron chi connectivity index (χ3n) is 6.36. The molecule has 2 aliphatic rings. The van der Waals surface area contributed by atoms with E-state index in [4.69, 9.17) is 14.2 Å². The maximum atomic E-state index is 12.8. The Kier molecular flexibility index (Phi) is 7.75. The van der Waals surface area contributed by atoms with Crippen LogP contribution in [-0.2, 0) is 14.8 Å². The molecule has 0 spiro atoms. The van der Waals surface area contributed by atoms with E-state index in [1.807, 2.05) is 25.1 Å². The Morgan fingerprint density at radius 2 is 1.74 bits per heavy atom. The van der Waals surface area contributed by atoms with Gasteiger partial charge in [-0.1, -0.05) is 6.07 Å². The molecule has 1 aliphatic carbocycles. The Labute approximate surface area is 201 Å². The lowest BCUT2D eigenvalue weighted by Gasteiger charge is -2.26. The Morgan fingerprint density at radius 3 is 2.38 bits per heavy atom. The van der Waals surface area contributed by atoms with E-state index in [0.717, 1.165) is 18.4 Å². The number of rotatable bonds is 8. The van der Waals surface area contributed by atoms with Crippen LogP contribution in [0.4, 0.5) is 0 Å². The molecule has 2 aromatic carbocycles. The summed E-state index contributed by atoms with van der Waals surface area (Å²) in [5.41, 5.74) is 1.27. The number of morpholine rings is 1. The van der Waals surface area contributed by atoms with E-state index in [1.54, 1.807) is 7.11 Å². The van der Waals surface area contributed by atoms with Crippen LogP contribution in [0, 0.1) is 0 Å². The van der Waals surface area contributed by atoms with E-state index >= 15 is 0 Å². The smallest absolute Gasteiger partial charge is 0.251 e. The quantitative estimate of drug-likeness (QED) is 0.611.